The Morgan fingerprint density at radius 2 is 2.15 bits per heavy atom. The molecule has 0 radical (unpaired) electrons. The van der Waals surface area contributed by atoms with Crippen molar-refractivity contribution in [2.24, 2.45) is 10.3 Å². The van der Waals surface area contributed by atoms with Crippen molar-refractivity contribution in [3.63, 3.8) is 0 Å². The molecule has 4 N–H and O–H groups in total. The Morgan fingerprint density at radius 1 is 1.42 bits per heavy atom. The van der Waals surface area contributed by atoms with Gasteiger partial charge in [0.15, 0.2) is 5.69 Å². The summed E-state index contributed by atoms with van der Waals surface area (Å²) in [6.45, 7) is 4.56. The number of aromatic nitrogens is 5. The van der Waals surface area contributed by atoms with E-state index < -0.39 is 17.6 Å². The minimum Gasteiger partial charge on any atom is -0.461 e. The summed E-state index contributed by atoms with van der Waals surface area (Å²) in [6.07, 6.45) is 0. The van der Waals surface area contributed by atoms with Crippen molar-refractivity contribution in [2.45, 2.75) is 20.8 Å². The minimum atomic E-state index is -0.887. The monoisotopic (exact) mass is 365 g/mol. The highest BCUT2D eigenvalue weighted by molar-refractivity contribution is 6.65. The van der Waals surface area contributed by atoms with E-state index in [2.05, 4.69) is 40.9 Å². The molecule has 0 aliphatic heterocycles. The van der Waals surface area contributed by atoms with Crippen molar-refractivity contribution in [1.29, 1.82) is 0 Å². The largest absolute Gasteiger partial charge is 0.461 e. The van der Waals surface area contributed by atoms with Crippen molar-refractivity contribution >= 4 is 29.1 Å². The van der Waals surface area contributed by atoms with Crippen LogP contribution in [0.2, 0.25) is 0 Å². The summed E-state index contributed by atoms with van der Waals surface area (Å²) in [4.78, 5) is 23.8. The van der Waals surface area contributed by atoms with Gasteiger partial charge in [-0.05, 0) is 31.1 Å². The smallest absolute Gasteiger partial charge is 0.362 e. The predicted molar refractivity (Wildman–Crippen MR) is 84.8 cm³/mol. The van der Waals surface area contributed by atoms with Gasteiger partial charge in [-0.15, -0.1) is 5.10 Å². The number of nitrogens with one attached hydrogen (secondary N) is 1. The molecule has 0 fully saturated rings. The maximum absolute atomic E-state index is 12.2. The Hall–Kier alpha value is -3.84. The molecule has 14 heteroatoms. The fraction of sp³-hybridized carbons (Fsp3) is 0.333. The van der Waals surface area contributed by atoms with Crippen LogP contribution in [-0.2, 0) is 9.53 Å². The Bertz CT molecular complexity index is 882. The summed E-state index contributed by atoms with van der Waals surface area (Å²) in [6, 6.07) is 0. The highest BCUT2D eigenvalue weighted by Crippen LogP contribution is 2.14. The van der Waals surface area contributed by atoms with E-state index in [1.165, 1.54) is 6.92 Å². The first-order valence-electron chi connectivity index (χ1n) is 7.15. The highest BCUT2D eigenvalue weighted by Gasteiger charge is 2.22. The van der Waals surface area contributed by atoms with E-state index in [9.17, 15) is 9.59 Å². The fourth-order valence-corrected chi connectivity index (χ4v) is 1.78. The lowest BCUT2D eigenvalue weighted by Gasteiger charge is -2.04. The van der Waals surface area contributed by atoms with Crippen LogP contribution in [0.5, 0.6) is 0 Å². The van der Waals surface area contributed by atoms with Crippen molar-refractivity contribution in [1.82, 2.24) is 30.7 Å². The fourth-order valence-electron chi connectivity index (χ4n) is 1.78. The number of nitrogen functional groups attached to an aromatic ring is 1. The Kier molecular flexibility index (Phi) is 5.56. The number of anilines is 1. The molecule has 0 spiro atoms. The molecular formula is C12H15N9O5. The molecule has 0 unspecified atom stereocenters. The predicted octanol–water partition coefficient (Wildman–Crippen LogP) is -0.960. The van der Waals surface area contributed by atoms with Crippen LogP contribution in [0.4, 0.5) is 5.82 Å². The van der Waals surface area contributed by atoms with Crippen LogP contribution in [0.3, 0.4) is 0 Å². The molecule has 0 saturated carbocycles. The molecule has 2 aromatic rings. The number of esters is 1. The van der Waals surface area contributed by atoms with E-state index >= 15 is 0 Å². The first-order valence-corrected chi connectivity index (χ1v) is 7.15. The second-order valence-electron chi connectivity index (χ2n) is 4.72. The Labute approximate surface area is 145 Å². The van der Waals surface area contributed by atoms with Crippen molar-refractivity contribution in [2.75, 3.05) is 12.3 Å². The van der Waals surface area contributed by atoms with Gasteiger partial charge in [-0.1, -0.05) is 10.4 Å². The number of amides is 1. The number of hydrogen-bond acceptors (Lipinski definition) is 12. The van der Waals surface area contributed by atoms with E-state index in [4.69, 9.17) is 15.7 Å². The lowest BCUT2D eigenvalue weighted by atomic mass is 10.2. The summed E-state index contributed by atoms with van der Waals surface area (Å²) in [5.74, 6) is -1.58. The van der Waals surface area contributed by atoms with Gasteiger partial charge >= 0.3 is 5.97 Å². The molecule has 0 bridgehead atoms. The molecule has 0 aromatic carbocycles. The zero-order valence-corrected chi connectivity index (χ0v) is 14.0. The average Bonchev–Trinajstić information content (AvgIpc) is 3.19. The SMILES string of the molecule is CCOC(=O)C(=N\O)/C(C)=N/NC(=O)c1nnn(-c2nonc2N)c1C. The van der Waals surface area contributed by atoms with Gasteiger partial charge in [0.1, 0.15) is 0 Å². The number of hydrogen-bond donors (Lipinski definition) is 3. The van der Waals surface area contributed by atoms with Crippen molar-refractivity contribution in [3.05, 3.63) is 11.4 Å². The van der Waals surface area contributed by atoms with Crippen LogP contribution >= 0.6 is 0 Å². The van der Waals surface area contributed by atoms with E-state index in [0.29, 0.717) is 5.69 Å². The van der Waals surface area contributed by atoms with Gasteiger partial charge < -0.3 is 15.7 Å². The molecule has 14 nitrogen and oxygen atoms in total. The maximum Gasteiger partial charge on any atom is 0.362 e. The Morgan fingerprint density at radius 3 is 2.73 bits per heavy atom. The lowest BCUT2D eigenvalue weighted by molar-refractivity contribution is -0.134. The van der Waals surface area contributed by atoms with Gasteiger partial charge in [0.05, 0.1) is 18.0 Å². The second kappa shape index (κ2) is 7.82. The first kappa shape index (κ1) is 18.5. The average molecular weight is 365 g/mol. The summed E-state index contributed by atoms with van der Waals surface area (Å²) >= 11 is 0. The first-order chi connectivity index (χ1) is 12.4. The molecule has 2 heterocycles. The summed E-state index contributed by atoms with van der Waals surface area (Å²) in [7, 11) is 0. The molecule has 138 valence electrons. The number of carbonyl (C=O) groups is 2. The van der Waals surface area contributed by atoms with Crippen LogP contribution in [-0.4, -0.2) is 60.4 Å². The van der Waals surface area contributed by atoms with Gasteiger partial charge in [0, 0.05) is 0 Å². The van der Waals surface area contributed by atoms with Crippen LogP contribution in [0.25, 0.3) is 5.82 Å². The number of hydrazone groups is 1. The maximum atomic E-state index is 12.2. The number of rotatable bonds is 6. The van der Waals surface area contributed by atoms with Crippen LogP contribution in [0.1, 0.15) is 30.0 Å². The minimum absolute atomic E-state index is 0.0305. The quantitative estimate of drug-likeness (QED) is 0.248. The van der Waals surface area contributed by atoms with Crippen molar-refractivity contribution < 1.29 is 24.2 Å². The van der Waals surface area contributed by atoms with E-state index in [1.54, 1.807) is 13.8 Å². The van der Waals surface area contributed by atoms with Crippen LogP contribution in [0, 0.1) is 6.92 Å². The number of ether oxygens (including phenoxy) is 1. The molecule has 1 amide bonds. The molecule has 0 aliphatic carbocycles. The third-order valence-corrected chi connectivity index (χ3v) is 3.04. The van der Waals surface area contributed by atoms with E-state index in [-0.39, 0.29) is 29.6 Å². The van der Waals surface area contributed by atoms with Crippen molar-refractivity contribution in [3.8, 4) is 5.82 Å². The standard InChI is InChI=1S/C12H15N9O5/c1-4-25-12(23)7(17-24)5(2)14-16-11(22)8-6(3)21(20-15-8)10-9(13)18-26-19-10/h24H,4H2,1-3H3,(H2,13,18)(H,16,22)/b14-5+,17-7-. The summed E-state index contributed by atoms with van der Waals surface area (Å²) in [5, 5.41) is 29.8. The third-order valence-electron chi connectivity index (χ3n) is 3.04. The summed E-state index contributed by atoms with van der Waals surface area (Å²) < 4.78 is 10.3. The van der Waals surface area contributed by atoms with Gasteiger partial charge in [-0.25, -0.2) is 14.8 Å². The number of carbonyl (C=O) groups excluding carboxylic acids is 2. The van der Waals surface area contributed by atoms with Gasteiger partial charge in [0.2, 0.25) is 17.3 Å². The molecule has 26 heavy (non-hydrogen) atoms. The van der Waals surface area contributed by atoms with E-state index in [0.717, 1.165) is 4.68 Å². The van der Waals surface area contributed by atoms with E-state index in [1.807, 2.05) is 0 Å². The van der Waals surface area contributed by atoms with Gasteiger partial charge in [-0.3, -0.25) is 4.79 Å². The zero-order valence-electron chi connectivity index (χ0n) is 14.0. The topological polar surface area (TPSA) is 196 Å². The number of oxime groups is 1. The van der Waals surface area contributed by atoms with Crippen LogP contribution in [0.15, 0.2) is 14.9 Å². The molecule has 0 saturated heterocycles. The van der Waals surface area contributed by atoms with Crippen LogP contribution < -0.4 is 11.2 Å². The lowest BCUT2D eigenvalue weighted by Crippen LogP contribution is -2.28. The number of nitrogens with two attached hydrogens (primary N) is 1. The molecule has 2 aromatic heterocycles. The molecule has 0 aliphatic rings. The third kappa shape index (κ3) is 3.63. The van der Waals surface area contributed by atoms with Gasteiger partial charge in [0.25, 0.3) is 5.91 Å². The molecular weight excluding hydrogens is 350 g/mol. The second-order valence-corrected chi connectivity index (χ2v) is 4.72. The molecule has 2 rings (SSSR count). The zero-order chi connectivity index (χ0) is 19.3. The normalized spacial score (nSPS) is 12.1. The van der Waals surface area contributed by atoms with Gasteiger partial charge in [-0.2, -0.15) is 9.78 Å². The Balaban J connectivity index is 2.17. The number of nitrogens with zero attached hydrogens (tertiary/aromatic N) is 7. The highest BCUT2D eigenvalue weighted by atomic mass is 16.6. The summed E-state index contributed by atoms with van der Waals surface area (Å²) in [5.41, 5.74) is 7.42. The molecule has 0 atom stereocenters.